The van der Waals surface area contributed by atoms with Crippen LogP contribution in [0.3, 0.4) is 0 Å². The van der Waals surface area contributed by atoms with Crippen molar-refractivity contribution in [1.82, 2.24) is 25.2 Å². The summed E-state index contributed by atoms with van der Waals surface area (Å²) in [5.41, 5.74) is 2.39. The summed E-state index contributed by atoms with van der Waals surface area (Å²) in [5.74, 6) is 2.10. The van der Waals surface area contributed by atoms with E-state index in [1.807, 2.05) is 49.0 Å². The van der Waals surface area contributed by atoms with Crippen LogP contribution < -0.4 is 9.64 Å². The molecule has 0 bridgehead atoms. The predicted octanol–water partition coefficient (Wildman–Crippen LogP) is 3.32. The monoisotopic (exact) mass is 450 g/mol. The number of benzene rings is 1. The topological polar surface area (TPSA) is 97.5 Å². The molecule has 1 amide bonds. The van der Waals surface area contributed by atoms with Crippen molar-refractivity contribution in [2.45, 2.75) is 45.6 Å². The molecule has 33 heavy (non-hydrogen) atoms. The van der Waals surface area contributed by atoms with Gasteiger partial charge in [0.15, 0.2) is 0 Å². The number of rotatable bonds is 6. The number of piperidine rings is 1. The molecule has 1 atom stereocenters. The largest absolute Gasteiger partial charge is 0.486 e. The Hall–Kier alpha value is -3.49. The average Bonchev–Trinajstić information content (AvgIpc) is 3.21. The number of hydrogen-bond donors (Lipinski definition) is 0. The van der Waals surface area contributed by atoms with Crippen molar-refractivity contribution >= 4 is 11.7 Å². The van der Waals surface area contributed by atoms with Crippen molar-refractivity contribution < 1.29 is 14.2 Å². The third-order valence-corrected chi connectivity index (χ3v) is 6.05. The van der Waals surface area contributed by atoms with Gasteiger partial charge in [0.05, 0.1) is 5.56 Å². The summed E-state index contributed by atoms with van der Waals surface area (Å²) in [6, 6.07) is 9.26. The van der Waals surface area contributed by atoms with E-state index >= 15 is 0 Å². The summed E-state index contributed by atoms with van der Waals surface area (Å²) in [6.07, 6.45) is 1.80. The van der Waals surface area contributed by atoms with Crippen LogP contribution in [0.1, 0.15) is 53.0 Å². The number of carbonyl (C=O) groups is 1. The highest BCUT2D eigenvalue weighted by molar-refractivity contribution is 5.97. The third-order valence-electron chi connectivity index (χ3n) is 6.05. The average molecular weight is 451 g/mol. The quantitative estimate of drug-likeness (QED) is 0.564. The highest BCUT2D eigenvalue weighted by atomic mass is 16.6. The minimum absolute atomic E-state index is 0.0630. The van der Waals surface area contributed by atoms with Crippen molar-refractivity contribution in [1.29, 1.82) is 0 Å². The molecular formula is C24H30N6O3. The zero-order chi connectivity index (χ0) is 23.6. The lowest BCUT2D eigenvalue weighted by atomic mass is 9.80. The minimum Gasteiger partial charge on any atom is -0.486 e. The molecule has 0 saturated carbocycles. The van der Waals surface area contributed by atoms with Gasteiger partial charge in [0.2, 0.25) is 0 Å². The standard InChI is InChI=1S/C24H30N6O3/c1-16-13-21(29(4)5)26-23(25-16)24(3)11-8-12-30(15-24)22(31)18-9-6-7-10-20(18)32-14-19-17(2)27-33-28-19/h6-7,9-10,13H,8,11-12,14-15H2,1-5H3. The van der Waals surface area contributed by atoms with Crippen LogP contribution in [0.25, 0.3) is 0 Å². The van der Waals surface area contributed by atoms with E-state index in [1.54, 1.807) is 19.1 Å². The Morgan fingerprint density at radius 1 is 1.21 bits per heavy atom. The number of aryl methyl sites for hydroxylation is 2. The zero-order valence-electron chi connectivity index (χ0n) is 19.8. The Kier molecular flexibility index (Phi) is 6.31. The van der Waals surface area contributed by atoms with Gasteiger partial charge in [0, 0.05) is 44.4 Å². The molecule has 0 N–H and O–H groups in total. The van der Waals surface area contributed by atoms with Gasteiger partial charge in [-0.15, -0.1) is 0 Å². The van der Waals surface area contributed by atoms with Gasteiger partial charge in [-0.3, -0.25) is 4.79 Å². The Morgan fingerprint density at radius 2 is 2.00 bits per heavy atom. The van der Waals surface area contributed by atoms with E-state index in [0.29, 0.717) is 35.8 Å². The van der Waals surface area contributed by atoms with Gasteiger partial charge in [-0.25, -0.2) is 14.6 Å². The fourth-order valence-corrected chi connectivity index (χ4v) is 4.11. The molecular weight excluding hydrogens is 420 g/mol. The van der Waals surface area contributed by atoms with Crippen molar-refractivity contribution in [3.05, 3.63) is 58.8 Å². The summed E-state index contributed by atoms with van der Waals surface area (Å²) in [5, 5.41) is 7.62. The number of carbonyl (C=O) groups excluding carboxylic acids is 1. The van der Waals surface area contributed by atoms with Crippen molar-refractivity contribution in [2.24, 2.45) is 0 Å². The molecule has 1 saturated heterocycles. The van der Waals surface area contributed by atoms with Gasteiger partial charge in [-0.1, -0.05) is 29.4 Å². The van der Waals surface area contributed by atoms with E-state index < -0.39 is 0 Å². The number of aromatic nitrogens is 4. The maximum atomic E-state index is 13.6. The molecule has 1 aliphatic rings. The second kappa shape index (κ2) is 9.17. The first-order valence-corrected chi connectivity index (χ1v) is 11.1. The summed E-state index contributed by atoms with van der Waals surface area (Å²) in [6.45, 7) is 7.33. The summed E-state index contributed by atoms with van der Waals surface area (Å²) >= 11 is 0. The number of hydrogen-bond acceptors (Lipinski definition) is 8. The molecule has 3 heterocycles. The molecule has 4 rings (SSSR count). The molecule has 174 valence electrons. The Bertz CT molecular complexity index is 1140. The Balaban J connectivity index is 1.56. The Labute approximate surface area is 193 Å². The van der Waals surface area contributed by atoms with Crippen molar-refractivity contribution in [2.75, 3.05) is 32.1 Å². The summed E-state index contributed by atoms with van der Waals surface area (Å²) in [4.78, 5) is 27.0. The second-order valence-electron chi connectivity index (χ2n) is 9.06. The van der Waals surface area contributed by atoms with E-state index in [0.717, 1.165) is 30.2 Å². The van der Waals surface area contributed by atoms with Crippen molar-refractivity contribution in [3.63, 3.8) is 0 Å². The maximum Gasteiger partial charge on any atom is 0.257 e. The van der Waals surface area contributed by atoms with Gasteiger partial charge >= 0.3 is 0 Å². The number of para-hydroxylation sites is 1. The predicted molar refractivity (Wildman–Crippen MR) is 123 cm³/mol. The van der Waals surface area contributed by atoms with Crippen LogP contribution >= 0.6 is 0 Å². The summed E-state index contributed by atoms with van der Waals surface area (Å²) in [7, 11) is 3.94. The fourth-order valence-electron chi connectivity index (χ4n) is 4.11. The highest BCUT2D eigenvalue weighted by Gasteiger charge is 2.38. The van der Waals surface area contributed by atoms with E-state index in [4.69, 9.17) is 19.3 Å². The number of anilines is 1. The molecule has 1 aromatic carbocycles. The molecule has 0 radical (unpaired) electrons. The van der Waals surface area contributed by atoms with Crippen LogP contribution in [0.4, 0.5) is 5.82 Å². The number of amides is 1. The van der Waals surface area contributed by atoms with Gasteiger partial charge < -0.3 is 14.5 Å². The number of nitrogens with zero attached hydrogens (tertiary/aromatic N) is 6. The zero-order valence-corrected chi connectivity index (χ0v) is 19.8. The van der Waals surface area contributed by atoms with Gasteiger partial charge in [-0.05, 0) is 38.8 Å². The first-order chi connectivity index (χ1) is 15.8. The number of likely N-dealkylation sites (tertiary alicyclic amines) is 1. The molecule has 2 aromatic heterocycles. The van der Waals surface area contributed by atoms with Crippen LogP contribution in [-0.4, -0.2) is 58.3 Å². The smallest absolute Gasteiger partial charge is 0.257 e. The van der Waals surface area contributed by atoms with E-state index in [9.17, 15) is 4.79 Å². The van der Waals surface area contributed by atoms with Crippen LogP contribution in [0, 0.1) is 13.8 Å². The third kappa shape index (κ3) is 4.81. The Morgan fingerprint density at radius 3 is 2.73 bits per heavy atom. The van der Waals surface area contributed by atoms with E-state index in [1.165, 1.54) is 0 Å². The van der Waals surface area contributed by atoms with Crippen molar-refractivity contribution in [3.8, 4) is 5.75 Å². The molecule has 0 aliphatic carbocycles. The van der Waals surface area contributed by atoms with Crippen LogP contribution in [0.2, 0.25) is 0 Å². The molecule has 1 unspecified atom stereocenters. The molecule has 0 spiro atoms. The lowest BCUT2D eigenvalue weighted by molar-refractivity contribution is 0.0639. The molecule has 1 aliphatic heterocycles. The lowest BCUT2D eigenvalue weighted by Gasteiger charge is -2.40. The summed E-state index contributed by atoms with van der Waals surface area (Å²) < 4.78 is 10.7. The SMILES string of the molecule is Cc1cc(N(C)C)nc(C2(C)CCCN(C(=O)c3ccccc3OCc3nonc3C)C2)n1. The van der Waals surface area contributed by atoms with E-state index in [2.05, 4.69) is 17.2 Å². The molecule has 9 heteroatoms. The minimum atomic E-state index is -0.329. The second-order valence-corrected chi connectivity index (χ2v) is 9.06. The molecule has 3 aromatic rings. The van der Waals surface area contributed by atoms with Crippen LogP contribution in [-0.2, 0) is 12.0 Å². The van der Waals surface area contributed by atoms with Gasteiger partial charge in [0.1, 0.15) is 35.4 Å². The maximum absolute atomic E-state index is 13.6. The van der Waals surface area contributed by atoms with Crippen LogP contribution in [0.15, 0.2) is 35.0 Å². The first-order valence-electron chi connectivity index (χ1n) is 11.1. The highest BCUT2D eigenvalue weighted by Crippen LogP contribution is 2.34. The van der Waals surface area contributed by atoms with E-state index in [-0.39, 0.29) is 17.9 Å². The lowest BCUT2D eigenvalue weighted by Crippen LogP contribution is -2.48. The molecule has 9 nitrogen and oxygen atoms in total. The number of ether oxygens (including phenoxy) is 1. The van der Waals surface area contributed by atoms with Gasteiger partial charge in [-0.2, -0.15) is 0 Å². The molecule has 1 fully saturated rings. The first kappa shape index (κ1) is 22.7. The van der Waals surface area contributed by atoms with Gasteiger partial charge in [0.25, 0.3) is 5.91 Å². The normalized spacial score (nSPS) is 18.3. The van der Waals surface area contributed by atoms with Crippen LogP contribution in [0.5, 0.6) is 5.75 Å². The fraction of sp³-hybridized carbons (Fsp3) is 0.458.